The Morgan fingerprint density at radius 2 is 2.11 bits per heavy atom. The fourth-order valence-corrected chi connectivity index (χ4v) is 4.21. The quantitative estimate of drug-likeness (QED) is 0.385. The van der Waals surface area contributed by atoms with Gasteiger partial charge < -0.3 is 0 Å². The van der Waals surface area contributed by atoms with Crippen molar-refractivity contribution in [3.63, 3.8) is 0 Å². The number of fused-ring (bicyclic) bond motifs is 1. The second kappa shape index (κ2) is 5.59. The number of thioether (sulfide) groups is 1. The first-order chi connectivity index (χ1) is 9.22. The van der Waals surface area contributed by atoms with Crippen molar-refractivity contribution in [1.29, 1.82) is 0 Å². The highest BCUT2D eigenvalue weighted by molar-refractivity contribution is 14.1. The minimum Gasteiger partial charge on any atom is -0.267 e. The van der Waals surface area contributed by atoms with Crippen molar-refractivity contribution in [2.45, 2.75) is 10.1 Å². The SMILES string of the molecule is O=c1cc(I)n2nc(SCc3ccccc3)sc2n1. The summed E-state index contributed by atoms with van der Waals surface area (Å²) in [6.45, 7) is 0. The molecule has 4 nitrogen and oxygen atoms in total. The van der Waals surface area contributed by atoms with Crippen LogP contribution in [0.2, 0.25) is 0 Å². The van der Waals surface area contributed by atoms with Gasteiger partial charge in [-0.2, -0.15) is 9.50 Å². The van der Waals surface area contributed by atoms with E-state index in [0.717, 1.165) is 13.8 Å². The van der Waals surface area contributed by atoms with E-state index in [4.69, 9.17) is 0 Å². The van der Waals surface area contributed by atoms with Gasteiger partial charge in [-0.1, -0.05) is 53.4 Å². The van der Waals surface area contributed by atoms with Crippen molar-refractivity contribution in [1.82, 2.24) is 14.6 Å². The molecule has 0 unspecified atom stereocenters. The smallest absolute Gasteiger partial charge is 0.267 e. The number of benzene rings is 1. The molecule has 2 aromatic heterocycles. The van der Waals surface area contributed by atoms with Crippen LogP contribution in [0.3, 0.4) is 0 Å². The molecular formula is C12H8IN3OS2. The van der Waals surface area contributed by atoms with E-state index >= 15 is 0 Å². The standard InChI is InChI=1S/C12H8IN3OS2/c13-9-6-10(17)14-11-16(9)15-12(19-11)18-7-8-4-2-1-3-5-8/h1-6H,7H2. The number of rotatable bonds is 3. The zero-order valence-corrected chi connectivity index (χ0v) is 13.4. The Bertz CT molecular complexity index is 769. The molecule has 0 aliphatic rings. The number of nitrogens with zero attached hydrogens (tertiary/aromatic N) is 3. The predicted octanol–water partition coefficient (Wildman–Crippen LogP) is 3.05. The summed E-state index contributed by atoms with van der Waals surface area (Å²) in [4.78, 5) is 15.9. The molecule has 0 aliphatic heterocycles. The van der Waals surface area contributed by atoms with E-state index in [0.29, 0.717) is 4.96 Å². The van der Waals surface area contributed by atoms with Gasteiger partial charge in [0.1, 0.15) is 3.70 Å². The summed E-state index contributed by atoms with van der Waals surface area (Å²) in [5, 5.41) is 4.46. The van der Waals surface area contributed by atoms with Crippen LogP contribution < -0.4 is 5.56 Å². The number of aromatic nitrogens is 3. The van der Waals surface area contributed by atoms with E-state index in [2.05, 4.69) is 44.8 Å². The molecule has 0 spiro atoms. The van der Waals surface area contributed by atoms with Crippen LogP contribution in [0, 0.1) is 3.70 Å². The van der Waals surface area contributed by atoms with Crippen LogP contribution in [-0.4, -0.2) is 14.6 Å². The lowest BCUT2D eigenvalue weighted by atomic mass is 10.2. The van der Waals surface area contributed by atoms with E-state index in [1.165, 1.54) is 23.0 Å². The lowest BCUT2D eigenvalue weighted by molar-refractivity contribution is 0.861. The summed E-state index contributed by atoms with van der Waals surface area (Å²) in [6, 6.07) is 11.7. The summed E-state index contributed by atoms with van der Waals surface area (Å²) in [5.41, 5.74) is 1.04. The number of hydrogen-bond acceptors (Lipinski definition) is 5. The van der Waals surface area contributed by atoms with Crippen molar-refractivity contribution in [3.05, 3.63) is 56.0 Å². The summed E-state index contributed by atoms with van der Waals surface area (Å²) in [7, 11) is 0. The molecule has 0 N–H and O–H groups in total. The molecule has 0 amide bonds. The summed E-state index contributed by atoms with van der Waals surface area (Å²) >= 11 is 5.19. The monoisotopic (exact) mass is 401 g/mol. The van der Waals surface area contributed by atoms with Gasteiger partial charge in [0, 0.05) is 11.8 Å². The third-order valence-corrected chi connectivity index (χ3v) is 5.28. The molecule has 0 radical (unpaired) electrons. The largest absolute Gasteiger partial charge is 0.275 e. The molecule has 0 bridgehead atoms. The molecule has 0 saturated carbocycles. The van der Waals surface area contributed by atoms with Gasteiger partial charge in [-0.05, 0) is 28.2 Å². The minimum atomic E-state index is -0.215. The van der Waals surface area contributed by atoms with Crippen LogP contribution in [0.25, 0.3) is 4.96 Å². The van der Waals surface area contributed by atoms with Crippen LogP contribution in [0.15, 0.2) is 45.5 Å². The normalized spacial score (nSPS) is 11.0. The van der Waals surface area contributed by atoms with Crippen molar-refractivity contribution in [3.8, 4) is 0 Å². The highest BCUT2D eigenvalue weighted by Crippen LogP contribution is 2.27. The van der Waals surface area contributed by atoms with E-state index in [1.807, 2.05) is 18.2 Å². The lowest BCUT2D eigenvalue weighted by Gasteiger charge is -1.96. The van der Waals surface area contributed by atoms with Crippen LogP contribution >= 0.6 is 45.7 Å². The van der Waals surface area contributed by atoms with Crippen molar-refractivity contribution < 1.29 is 0 Å². The van der Waals surface area contributed by atoms with Crippen molar-refractivity contribution >= 4 is 50.7 Å². The maximum Gasteiger partial charge on any atom is 0.275 e. The molecule has 7 heteroatoms. The van der Waals surface area contributed by atoms with Gasteiger partial charge in [0.2, 0.25) is 4.96 Å². The maximum absolute atomic E-state index is 11.3. The van der Waals surface area contributed by atoms with E-state index in [-0.39, 0.29) is 5.56 Å². The second-order valence-corrected chi connectivity index (χ2v) is 7.04. The summed E-state index contributed by atoms with van der Waals surface area (Å²) < 4.78 is 3.41. The Kier molecular flexibility index (Phi) is 3.85. The minimum absolute atomic E-state index is 0.215. The molecule has 1 aromatic carbocycles. The fourth-order valence-electron chi connectivity index (χ4n) is 1.54. The molecule has 0 fully saturated rings. The average Bonchev–Trinajstić information content (AvgIpc) is 2.81. The fraction of sp³-hybridized carbons (Fsp3) is 0.0833. The summed E-state index contributed by atoms with van der Waals surface area (Å²) in [6.07, 6.45) is 0. The van der Waals surface area contributed by atoms with Gasteiger partial charge in [0.25, 0.3) is 5.56 Å². The molecule has 0 aliphatic carbocycles. The molecule has 2 heterocycles. The Hall–Kier alpha value is -0.930. The second-order valence-electron chi connectivity index (χ2n) is 3.75. The van der Waals surface area contributed by atoms with Gasteiger partial charge in [0.15, 0.2) is 4.34 Å². The van der Waals surface area contributed by atoms with Crippen LogP contribution in [0.4, 0.5) is 0 Å². The van der Waals surface area contributed by atoms with Crippen molar-refractivity contribution in [2.24, 2.45) is 0 Å². The van der Waals surface area contributed by atoms with E-state index < -0.39 is 0 Å². The Balaban J connectivity index is 1.86. The maximum atomic E-state index is 11.3. The third-order valence-electron chi connectivity index (χ3n) is 2.40. The van der Waals surface area contributed by atoms with E-state index in [9.17, 15) is 4.79 Å². The van der Waals surface area contributed by atoms with Gasteiger partial charge in [-0.25, -0.2) is 0 Å². The molecule has 3 aromatic rings. The lowest BCUT2D eigenvalue weighted by Crippen LogP contribution is -2.08. The van der Waals surface area contributed by atoms with Crippen LogP contribution in [-0.2, 0) is 5.75 Å². The van der Waals surface area contributed by atoms with Crippen LogP contribution in [0.1, 0.15) is 5.56 Å². The third kappa shape index (κ3) is 2.98. The summed E-state index contributed by atoms with van der Waals surface area (Å²) in [5.74, 6) is 0.863. The highest BCUT2D eigenvalue weighted by atomic mass is 127. The zero-order chi connectivity index (χ0) is 13.2. The molecular weight excluding hydrogens is 393 g/mol. The van der Waals surface area contributed by atoms with Gasteiger partial charge >= 0.3 is 0 Å². The Labute approximate surface area is 131 Å². The number of halogens is 1. The first kappa shape index (κ1) is 13.1. The van der Waals surface area contributed by atoms with E-state index in [1.54, 1.807) is 16.3 Å². The highest BCUT2D eigenvalue weighted by Gasteiger charge is 2.08. The molecule has 96 valence electrons. The predicted molar refractivity (Wildman–Crippen MR) is 85.9 cm³/mol. The van der Waals surface area contributed by atoms with Crippen molar-refractivity contribution in [2.75, 3.05) is 0 Å². The van der Waals surface area contributed by atoms with Gasteiger partial charge in [-0.3, -0.25) is 4.79 Å². The average molecular weight is 401 g/mol. The Morgan fingerprint density at radius 3 is 2.89 bits per heavy atom. The van der Waals surface area contributed by atoms with Gasteiger partial charge in [-0.15, -0.1) is 5.10 Å². The van der Waals surface area contributed by atoms with Crippen LogP contribution in [0.5, 0.6) is 0 Å². The molecule has 0 atom stereocenters. The molecule has 19 heavy (non-hydrogen) atoms. The molecule has 3 rings (SSSR count). The first-order valence-electron chi connectivity index (χ1n) is 5.45. The van der Waals surface area contributed by atoms with Gasteiger partial charge in [0.05, 0.1) is 0 Å². The first-order valence-corrected chi connectivity index (χ1v) is 8.33. The Morgan fingerprint density at radius 1 is 1.32 bits per heavy atom. The molecule has 0 saturated heterocycles. The zero-order valence-electron chi connectivity index (χ0n) is 9.62. The topological polar surface area (TPSA) is 47.3 Å². The number of hydrogen-bond donors (Lipinski definition) is 0.